The largest absolute Gasteiger partial charge is 0.464 e. The van der Waals surface area contributed by atoms with Gasteiger partial charge in [-0.1, -0.05) is 31.6 Å². The van der Waals surface area contributed by atoms with E-state index in [0.717, 1.165) is 16.7 Å². The van der Waals surface area contributed by atoms with Crippen molar-refractivity contribution in [3.8, 4) is 0 Å². The fourth-order valence-electron chi connectivity index (χ4n) is 2.40. The van der Waals surface area contributed by atoms with Crippen LogP contribution in [0.4, 0.5) is 0 Å². The number of hydrogen-bond acceptors (Lipinski definition) is 3. The lowest BCUT2D eigenvalue weighted by Crippen LogP contribution is -2.21. The maximum absolute atomic E-state index is 11.9. The van der Waals surface area contributed by atoms with Gasteiger partial charge in [-0.15, -0.1) is 0 Å². The Hall–Kier alpha value is -1.90. The van der Waals surface area contributed by atoms with Crippen LogP contribution in [-0.4, -0.2) is 11.6 Å². The van der Waals surface area contributed by atoms with Crippen molar-refractivity contribution in [2.45, 2.75) is 34.1 Å². The second-order valence-electron chi connectivity index (χ2n) is 5.38. The van der Waals surface area contributed by atoms with Crippen molar-refractivity contribution in [1.29, 1.82) is 0 Å². The van der Waals surface area contributed by atoms with E-state index in [2.05, 4.69) is 19.9 Å². The fourth-order valence-corrected chi connectivity index (χ4v) is 2.40. The van der Waals surface area contributed by atoms with Crippen LogP contribution in [0.1, 0.15) is 48.9 Å². The molecule has 19 heavy (non-hydrogen) atoms. The number of fused-ring (bicyclic) bond motifs is 1. The number of hydrogen-bond donors (Lipinski definition) is 0. The van der Waals surface area contributed by atoms with Gasteiger partial charge in [0.15, 0.2) is 0 Å². The van der Waals surface area contributed by atoms with Crippen LogP contribution >= 0.6 is 0 Å². The molecule has 0 unspecified atom stereocenters. The van der Waals surface area contributed by atoms with Gasteiger partial charge < -0.3 is 4.42 Å². The van der Waals surface area contributed by atoms with Gasteiger partial charge in [-0.25, -0.2) is 0 Å². The summed E-state index contributed by atoms with van der Waals surface area (Å²) in [6.07, 6.45) is 5.72. The summed E-state index contributed by atoms with van der Waals surface area (Å²) in [7, 11) is 0. The average Bonchev–Trinajstić information content (AvgIpc) is 2.67. The van der Waals surface area contributed by atoms with E-state index in [1.807, 2.05) is 13.0 Å². The maximum Gasteiger partial charge on any atom is 0.233 e. The van der Waals surface area contributed by atoms with Crippen molar-refractivity contribution in [3.63, 3.8) is 0 Å². The van der Waals surface area contributed by atoms with Crippen molar-refractivity contribution in [3.05, 3.63) is 40.9 Å². The van der Waals surface area contributed by atoms with Gasteiger partial charge in [0, 0.05) is 12.0 Å². The summed E-state index contributed by atoms with van der Waals surface area (Å²) in [5.41, 5.74) is 3.03. The molecular weight excluding hydrogens is 240 g/mol. The number of rotatable bonds is 2. The van der Waals surface area contributed by atoms with E-state index in [9.17, 15) is 9.59 Å². The van der Waals surface area contributed by atoms with E-state index in [4.69, 9.17) is 4.42 Å². The van der Waals surface area contributed by atoms with E-state index in [1.54, 1.807) is 6.92 Å². The van der Waals surface area contributed by atoms with Crippen LogP contribution in [0.25, 0.3) is 5.57 Å². The van der Waals surface area contributed by atoms with E-state index in [0.29, 0.717) is 17.2 Å². The number of Topliss-reactive ketones (excluding diaryl/α,β-unsaturated/α-hetero) is 2. The van der Waals surface area contributed by atoms with Crippen molar-refractivity contribution >= 4 is 17.1 Å². The second kappa shape index (κ2) is 5.00. The number of aryl methyl sites for hydroxylation is 1. The van der Waals surface area contributed by atoms with Crippen molar-refractivity contribution < 1.29 is 14.0 Å². The highest BCUT2D eigenvalue weighted by Crippen LogP contribution is 2.33. The summed E-state index contributed by atoms with van der Waals surface area (Å²) in [6.45, 7) is 7.97. The van der Waals surface area contributed by atoms with Crippen molar-refractivity contribution in [2.24, 2.45) is 5.92 Å². The number of carbonyl (C=O) groups excluding carboxylic acids is 2. The fraction of sp³-hybridized carbons (Fsp3) is 0.375. The van der Waals surface area contributed by atoms with Crippen LogP contribution in [0.5, 0.6) is 0 Å². The molecule has 0 saturated carbocycles. The molecule has 0 saturated heterocycles. The van der Waals surface area contributed by atoms with Gasteiger partial charge in [0.25, 0.3) is 0 Å². The first-order chi connectivity index (χ1) is 8.90. The SMILES string of the molecule is CC(=C/C(C)C)/C=C1\CC(=O)C(=O)c2c(C)coc21. The Morgan fingerprint density at radius 2 is 2.05 bits per heavy atom. The molecule has 1 aliphatic carbocycles. The molecule has 0 aliphatic heterocycles. The maximum atomic E-state index is 11.9. The van der Waals surface area contributed by atoms with Crippen LogP contribution in [0.15, 0.2) is 28.4 Å². The normalized spacial score (nSPS) is 18.4. The summed E-state index contributed by atoms with van der Waals surface area (Å²) in [5, 5.41) is 0. The van der Waals surface area contributed by atoms with Crippen molar-refractivity contribution in [1.82, 2.24) is 0 Å². The van der Waals surface area contributed by atoms with E-state index < -0.39 is 5.78 Å². The molecule has 1 aliphatic rings. The van der Waals surface area contributed by atoms with Gasteiger partial charge in [0.05, 0.1) is 11.8 Å². The van der Waals surface area contributed by atoms with Crippen LogP contribution in [0.2, 0.25) is 0 Å². The van der Waals surface area contributed by atoms with Gasteiger partial charge in [0.2, 0.25) is 11.6 Å². The molecule has 3 nitrogen and oxygen atoms in total. The number of carbonyl (C=O) groups is 2. The lowest BCUT2D eigenvalue weighted by molar-refractivity contribution is -0.114. The molecule has 0 atom stereocenters. The number of ketones is 2. The monoisotopic (exact) mass is 258 g/mol. The zero-order valence-corrected chi connectivity index (χ0v) is 11.7. The lowest BCUT2D eigenvalue weighted by atomic mass is 9.88. The Balaban J connectivity index is 2.49. The molecule has 1 aromatic rings. The molecule has 0 amide bonds. The molecule has 2 rings (SSSR count). The standard InChI is InChI=1S/C16H18O3/c1-9(2)5-10(3)6-12-7-13(17)15(18)14-11(4)8-19-16(12)14/h5-6,8-9H,7H2,1-4H3/b10-5-,12-6+. The molecule has 1 aromatic heterocycles. The van der Waals surface area contributed by atoms with Gasteiger partial charge >= 0.3 is 0 Å². The molecule has 1 heterocycles. The minimum absolute atomic E-state index is 0.127. The molecule has 100 valence electrons. The van der Waals surface area contributed by atoms with Gasteiger partial charge in [0.1, 0.15) is 5.76 Å². The molecule has 0 fully saturated rings. The minimum Gasteiger partial charge on any atom is -0.464 e. The molecule has 0 radical (unpaired) electrons. The zero-order chi connectivity index (χ0) is 14.2. The third-order valence-electron chi connectivity index (χ3n) is 3.10. The highest BCUT2D eigenvalue weighted by atomic mass is 16.3. The zero-order valence-electron chi connectivity index (χ0n) is 11.7. The Bertz CT molecular complexity index is 598. The highest BCUT2D eigenvalue weighted by Gasteiger charge is 2.32. The summed E-state index contributed by atoms with van der Waals surface area (Å²) >= 11 is 0. The summed E-state index contributed by atoms with van der Waals surface area (Å²) in [5.74, 6) is 0.207. The predicted octanol–water partition coefficient (Wildman–Crippen LogP) is 3.73. The first-order valence-corrected chi connectivity index (χ1v) is 6.45. The Kier molecular flexibility index (Phi) is 3.56. The van der Waals surface area contributed by atoms with Crippen LogP contribution in [0, 0.1) is 12.8 Å². The van der Waals surface area contributed by atoms with E-state index >= 15 is 0 Å². The van der Waals surface area contributed by atoms with Crippen LogP contribution < -0.4 is 0 Å². The van der Waals surface area contributed by atoms with E-state index in [-0.39, 0.29) is 12.2 Å². The number of allylic oxidation sites excluding steroid dienone is 4. The topological polar surface area (TPSA) is 47.3 Å². The predicted molar refractivity (Wildman–Crippen MR) is 74.0 cm³/mol. The first-order valence-electron chi connectivity index (χ1n) is 6.45. The molecule has 0 N–H and O–H groups in total. The van der Waals surface area contributed by atoms with Crippen LogP contribution in [0.3, 0.4) is 0 Å². The Labute approximate surface area is 113 Å². The lowest BCUT2D eigenvalue weighted by Gasteiger charge is -2.13. The third kappa shape index (κ3) is 2.60. The van der Waals surface area contributed by atoms with Gasteiger partial charge in [-0.3, -0.25) is 9.59 Å². The summed E-state index contributed by atoms with van der Waals surface area (Å²) in [4.78, 5) is 23.6. The van der Waals surface area contributed by atoms with Crippen LogP contribution in [-0.2, 0) is 4.79 Å². The third-order valence-corrected chi connectivity index (χ3v) is 3.10. The molecule has 0 bridgehead atoms. The minimum atomic E-state index is -0.427. The van der Waals surface area contributed by atoms with Crippen molar-refractivity contribution in [2.75, 3.05) is 0 Å². The molecular formula is C16H18O3. The summed E-state index contributed by atoms with van der Waals surface area (Å²) < 4.78 is 5.46. The molecule has 3 heteroatoms. The Morgan fingerprint density at radius 1 is 1.37 bits per heavy atom. The molecule has 0 aromatic carbocycles. The van der Waals surface area contributed by atoms with E-state index in [1.165, 1.54) is 6.26 Å². The first kappa shape index (κ1) is 13.5. The van der Waals surface area contributed by atoms with Gasteiger partial charge in [-0.2, -0.15) is 0 Å². The summed E-state index contributed by atoms with van der Waals surface area (Å²) in [6, 6.07) is 0. The second-order valence-corrected chi connectivity index (χ2v) is 5.38. The Morgan fingerprint density at radius 3 is 2.68 bits per heavy atom. The number of furan rings is 1. The highest BCUT2D eigenvalue weighted by molar-refractivity contribution is 6.47. The average molecular weight is 258 g/mol. The smallest absolute Gasteiger partial charge is 0.233 e. The van der Waals surface area contributed by atoms with Gasteiger partial charge in [-0.05, 0) is 25.3 Å². The quantitative estimate of drug-likeness (QED) is 0.759. The molecule has 0 spiro atoms.